The van der Waals surface area contributed by atoms with Gasteiger partial charge in [-0.05, 0) is 29.8 Å². The molecule has 0 unspecified atom stereocenters. The van der Waals surface area contributed by atoms with Gasteiger partial charge in [0.15, 0.2) is 5.82 Å². The van der Waals surface area contributed by atoms with E-state index >= 15 is 0 Å². The third-order valence-corrected chi connectivity index (χ3v) is 7.50. The molecular weight excluding hydrogens is 465 g/mol. The minimum Gasteiger partial charge on any atom is -0.492 e. The van der Waals surface area contributed by atoms with Crippen LogP contribution in [0.2, 0.25) is 10.0 Å². The molecule has 6 nitrogen and oxygen atoms in total. The fraction of sp³-hybridized carbons (Fsp3) is 0.304. The van der Waals surface area contributed by atoms with Gasteiger partial charge in [0, 0.05) is 48.3 Å². The summed E-state index contributed by atoms with van der Waals surface area (Å²) in [5, 5.41) is 16.7. The summed E-state index contributed by atoms with van der Waals surface area (Å²) in [6.45, 7) is 5.41. The number of rotatable bonds is 5. The van der Waals surface area contributed by atoms with E-state index in [2.05, 4.69) is 44.1 Å². The van der Waals surface area contributed by atoms with Crippen LogP contribution in [0.3, 0.4) is 0 Å². The van der Waals surface area contributed by atoms with E-state index in [1.807, 2.05) is 25.1 Å². The van der Waals surface area contributed by atoms with Crippen molar-refractivity contribution in [3.05, 3.63) is 74.8 Å². The van der Waals surface area contributed by atoms with Crippen LogP contribution in [0, 0.1) is 0 Å². The Morgan fingerprint density at radius 2 is 1.81 bits per heavy atom. The average molecular weight is 488 g/mol. The highest BCUT2D eigenvalue weighted by atomic mass is 35.5. The van der Waals surface area contributed by atoms with E-state index in [4.69, 9.17) is 23.2 Å². The van der Waals surface area contributed by atoms with Gasteiger partial charge < -0.3 is 10.0 Å². The van der Waals surface area contributed by atoms with Crippen molar-refractivity contribution in [3.63, 3.8) is 0 Å². The molecule has 0 saturated carbocycles. The molecule has 1 saturated heterocycles. The van der Waals surface area contributed by atoms with Crippen LogP contribution < -0.4 is 4.90 Å². The topological polar surface area (TPSA) is 56.9 Å². The Balaban J connectivity index is 1.51. The van der Waals surface area contributed by atoms with Gasteiger partial charge in [-0.2, -0.15) is 4.52 Å². The molecule has 1 N–H and O–H groups in total. The number of aromatic hydroxyl groups is 1. The highest BCUT2D eigenvalue weighted by molar-refractivity contribution is 7.17. The maximum Gasteiger partial charge on any atom is 0.230 e. The number of anilines is 1. The summed E-state index contributed by atoms with van der Waals surface area (Å²) < 4.78 is 1.54. The van der Waals surface area contributed by atoms with Crippen LogP contribution >= 0.6 is 34.5 Å². The van der Waals surface area contributed by atoms with Crippen molar-refractivity contribution in [1.82, 2.24) is 19.5 Å². The van der Waals surface area contributed by atoms with Crippen molar-refractivity contribution < 1.29 is 5.11 Å². The van der Waals surface area contributed by atoms with E-state index in [0.29, 0.717) is 15.0 Å². The van der Waals surface area contributed by atoms with Gasteiger partial charge in [0.1, 0.15) is 0 Å². The van der Waals surface area contributed by atoms with Gasteiger partial charge in [0.05, 0.1) is 10.9 Å². The number of benzene rings is 2. The lowest BCUT2D eigenvalue weighted by molar-refractivity contribution is 0.211. The molecule has 1 aliphatic heterocycles. The Labute approximate surface area is 200 Å². The molecule has 0 amide bonds. The summed E-state index contributed by atoms with van der Waals surface area (Å²) in [7, 11) is 0. The summed E-state index contributed by atoms with van der Waals surface area (Å²) in [6.07, 6.45) is 0.719. The van der Waals surface area contributed by atoms with Crippen LogP contribution in [0.15, 0.2) is 48.5 Å². The van der Waals surface area contributed by atoms with E-state index in [0.717, 1.165) is 48.9 Å². The van der Waals surface area contributed by atoms with Crippen molar-refractivity contribution in [1.29, 1.82) is 0 Å². The second-order valence-corrected chi connectivity index (χ2v) is 9.65. The lowest BCUT2D eigenvalue weighted by Gasteiger charge is -2.40. The first-order chi connectivity index (χ1) is 15.5. The second kappa shape index (κ2) is 8.90. The standard InChI is InChI=1S/C23H23Cl2N5OS/c1-2-19-26-23-30(27-19)22(31)21(32-23)20(17-9-8-15(24)14-18(17)25)29-12-10-28(11-13-29)16-6-4-3-5-7-16/h3-9,14,20,31H,2,10-13H2,1H3/t20-/m1/s1. The molecule has 5 rings (SSSR count). The van der Waals surface area contributed by atoms with Gasteiger partial charge in [-0.25, -0.2) is 4.98 Å². The second-order valence-electron chi connectivity index (χ2n) is 7.79. The van der Waals surface area contributed by atoms with Crippen molar-refractivity contribution in [2.45, 2.75) is 19.4 Å². The van der Waals surface area contributed by atoms with Gasteiger partial charge in [0.2, 0.25) is 10.8 Å². The largest absolute Gasteiger partial charge is 0.492 e. The van der Waals surface area contributed by atoms with Crippen molar-refractivity contribution in [2.24, 2.45) is 0 Å². The Morgan fingerprint density at radius 3 is 2.47 bits per heavy atom. The highest BCUT2D eigenvalue weighted by Gasteiger charge is 2.33. The zero-order chi connectivity index (χ0) is 22.2. The monoisotopic (exact) mass is 487 g/mol. The number of aryl methyl sites for hydroxylation is 1. The van der Waals surface area contributed by atoms with Gasteiger partial charge in [-0.15, -0.1) is 5.10 Å². The summed E-state index contributed by atoms with van der Waals surface area (Å²) >= 11 is 14.3. The van der Waals surface area contributed by atoms with Crippen molar-refractivity contribution in [2.75, 3.05) is 31.1 Å². The number of piperazine rings is 1. The normalized spacial score (nSPS) is 16.0. The lowest BCUT2D eigenvalue weighted by Crippen LogP contribution is -2.47. The van der Waals surface area contributed by atoms with E-state index in [-0.39, 0.29) is 11.9 Å². The highest BCUT2D eigenvalue weighted by Crippen LogP contribution is 2.43. The van der Waals surface area contributed by atoms with Crippen LogP contribution in [0.5, 0.6) is 5.88 Å². The smallest absolute Gasteiger partial charge is 0.230 e. The molecule has 166 valence electrons. The number of aromatic nitrogens is 3. The van der Waals surface area contributed by atoms with Crippen LogP contribution in [0.25, 0.3) is 4.96 Å². The number of fused-ring (bicyclic) bond motifs is 1. The molecule has 1 aliphatic rings. The fourth-order valence-electron chi connectivity index (χ4n) is 4.22. The number of para-hydroxylation sites is 1. The summed E-state index contributed by atoms with van der Waals surface area (Å²) in [6, 6.07) is 15.8. The molecule has 0 aliphatic carbocycles. The number of thiazole rings is 1. The van der Waals surface area contributed by atoms with Gasteiger partial charge in [0.25, 0.3) is 0 Å². The van der Waals surface area contributed by atoms with Crippen molar-refractivity contribution >= 4 is 45.2 Å². The fourth-order valence-corrected chi connectivity index (χ4v) is 5.86. The molecule has 0 bridgehead atoms. The number of hydrogen-bond donors (Lipinski definition) is 1. The number of nitrogens with zero attached hydrogens (tertiary/aromatic N) is 5. The molecule has 2 aromatic heterocycles. The van der Waals surface area contributed by atoms with E-state index < -0.39 is 0 Å². The molecule has 1 atom stereocenters. The van der Waals surface area contributed by atoms with Gasteiger partial charge >= 0.3 is 0 Å². The van der Waals surface area contributed by atoms with Crippen LogP contribution in [0.1, 0.15) is 29.2 Å². The average Bonchev–Trinajstić information content (AvgIpc) is 3.35. The SMILES string of the molecule is CCc1nc2sc([C@@H](c3ccc(Cl)cc3Cl)N3CCN(c4ccccc4)CC3)c(O)n2n1. The zero-order valence-electron chi connectivity index (χ0n) is 17.6. The first kappa shape index (κ1) is 21.5. The quantitative estimate of drug-likeness (QED) is 0.415. The van der Waals surface area contributed by atoms with Gasteiger partial charge in [-0.3, -0.25) is 4.90 Å². The third-order valence-electron chi connectivity index (χ3n) is 5.87. The van der Waals surface area contributed by atoms with Crippen LogP contribution in [0.4, 0.5) is 5.69 Å². The van der Waals surface area contributed by atoms with E-state index in [1.165, 1.54) is 21.5 Å². The zero-order valence-corrected chi connectivity index (χ0v) is 19.9. The first-order valence-corrected chi connectivity index (χ1v) is 12.2. The maximum absolute atomic E-state index is 11.1. The minimum absolute atomic E-state index is 0.124. The van der Waals surface area contributed by atoms with Gasteiger partial charge in [-0.1, -0.05) is 65.7 Å². The molecule has 9 heteroatoms. The Hall–Kier alpha value is -2.32. The molecular formula is C23H23Cl2N5OS. The molecule has 0 spiro atoms. The van der Waals surface area contributed by atoms with E-state index in [9.17, 15) is 5.11 Å². The predicted octanol–water partition coefficient (Wildman–Crippen LogP) is 5.28. The van der Waals surface area contributed by atoms with Crippen LogP contribution in [-0.4, -0.2) is 50.8 Å². The third kappa shape index (κ3) is 3.94. The summed E-state index contributed by atoms with van der Waals surface area (Å²) in [5.74, 6) is 0.842. The van der Waals surface area contributed by atoms with Crippen molar-refractivity contribution in [3.8, 4) is 5.88 Å². The van der Waals surface area contributed by atoms with Crippen LogP contribution in [-0.2, 0) is 6.42 Å². The molecule has 4 aromatic rings. The predicted molar refractivity (Wildman–Crippen MR) is 130 cm³/mol. The number of halogens is 2. The Bertz CT molecular complexity index is 1230. The molecule has 1 fully saturated rings. The molecule has 2 aromatic carbocycles. The minimum atomic E-state index is -0.212. The maximum atomic E-state index is 11.1. The first-order valence-electron chi connectivity index (χ1n) is 10.6. The molecule has 32 heavy (non-hydrogen) atoms. The van der Waals surface area contributed by atoms with E-state index in [1.54, 1.807) is 6.07 Å². The Kier molecular flexibility index (Phi) is 5.99. The molecule has 3 heterocycles. The number of hydrogen-bond acceptors (Lipinski definition) is 6. The summed E-state index contributed by atoms with van der Waals surface area (Å²) in [4.78, 5) is 10.8. The Morgan fingerprint density at radius 1 is 1.06 bits per heavy atom. The lowest BCUT2D eigenvalue weighted by atomic mass is 10.0. The molecule has 0 radical (unpaired) electrons. The summed E-state index contributed by atoms with van der Waals surface area (Å²) in [5.41, 5.74) is 2.14.